The Morgan fingerprint density at radius 3 is 2.94 bits per heavy atom. The summed E-state index contributed by atoms with van der Waals surface area (Å²) < 4.78 is 5.50. The number of carbonyl (C=O) groups excluding carboxylic acids is 1. The van der Waals surface area contributed by atoms with E-state index in [1.54, 1.807) is 0 Å². The van der Waals surface area contributed by atoms with Crippen LogP contribution in [0.4, 0.5) is 0 Å². The van der Waals surface area contributed by atoms with Crippen molar-refractivity contribution < 1.29 is 9.53 Å². The Morgan fingerprint density at radius 1 is 1.50 bits per heavy atom. The highest BCUT2D eigenvalue weighted by molar-refractivity contribution is 5.85. The van der Waals surface area contributed by atoms with Crippen LogP contribution in [0.25, 0.3) is 0 Å². The summed E-state index contributed by atoms with van der Waals surface area (Å²) in [5.41, 5.74) is 6.54. The van der Waals surface area contributed by atoms with E-state index in [1.165, 1.54) is 0 Å². The lowest BCUT2D eigenvalue weighted by Crippen LogP contribution is -2.40. The number of amides is 1. The Hall–Kier alpha value is -1.55. The molecule has 0 saturated carbocycles. The molecule has 1 unspecified atom stereocenters. The number of rotatable bonds is 4. The predicted molar refractivity (Wildman–Crippen MR) is 70.5 cm³/mol. The van der Waals surface area contributed by atoms with Gasteiger partial charge in [-0.2, -0.15) is 0 Å². The summed E-state index contributed by atoms with van der Waals surface area (Å²) in [4.78, 5) is 12.1. The zero-order valence-electron chi connectivity index (χ0n) is 10.9. The zero-order valence-corrected chi connectivity index (χ0v) is 10.9. The van der Waals surface area contributed by atoms with E-state index in [4.69, 9.17) is 10.5 Å². The van der Waals surface area contributed by atoms with Gasteiger partial charge in [0.15, 0.2) is 0 Å². The van der Waals surface area contributed by atoms with Gasteiger partial charge in [0.25, 0.3) is 0 Å². The molecule has 1 aromatic carbocycles. The second-order valence-electron chi connectivity index (χ2n) is 5.49. The average Bonchev–Trinajstić information content (AvgIpc) is 2.80. The van der Waals surface area contributed by atoms with Crippen molar-refractivity contribution in [3.05, 3.63) is 29.8 Å². The average molecular weight is 248 g/mol. The topological polar surface area (TPSA) is 64.3 Å². The van der Waals surface area contributed by atoms with E-state index < -0.39 is 0 Å². The van der Waals surface area contributed by atoms with Crippen molar-refractivity contribution in [2.45, 2.75) is 19.8 Å². The fourth-order valence-electron chi connectivity index (χ4n) is 1.90. The van der Waals surface area contributed by atoms with Crippen LogP contribution in [0.5, 0.6) is 5.75 Å². The van der Waals surface area contributed by atoms with Crippen molar-refractivity contribution in [2.75, 3.05) is 19.7 Å². The number of benzene rings is 1. The largest absolute Gasteiger partial charge is 0.492 e. The maximum Gasteiger partial charge on any atom is 0.231 e. The molecule has 0 fully saturated rings. The minimum absolute atomic E-state index is 0.0153. The predicted octanol–water partition coefficient (Wildman–Crippen LogP) is 1.26. The zero-order chi connectivity index (χ0) is 13.2. The van der Waals surface area contributed by atoms with Crippen LogP contribution in [0.3, 0.4) is 0 Å². The van der Waals surface area contributed by atoms with Gasteiger partial charge in [0, 0.05) is 12.1 Å². The van der Waals surface area contributed by atoms with E-state index in [-0.39, 0.29) is 17.2 Å². The van der Waals surface area contributed by atoms with Crippen LogP contribution < -0.4 is 15.8 Å². The van der Waals surface area contributed by atoms with Crippen molar-refractivity contribution in [3.63, 3.8) is 0 Å². The quantitative estimate of drug-likeness (QED) is 0.843. The summed E-state index contributed by atoms with van der Waals surface area (Å²) in [5, 5.41) is 2.96. The number of hydrogen-bond donors (Lipinski definition) is 2. The third-order valence-electron chi connectivity index (χ3n) is 3.31. The minimum Gasteiger partial charge on any atom is -0.492 e. The molecule has 4 heteroatoms. The van der Waals surface area contributed by atoms with E-state index in [0.29, 0.717) is 19.7 Å². The molecule has 0 saturated heterocycles. The smallest absolute Gasteiger partial charge is 0.231 e. The molecule has 1 aliphatic heterocycles. The Morgan fingerprint density at radius 2 is 2.22 bits per heavy atom. The highest BCUT2D eigenvalue weighted by Gasteiger charge is 2.30. The van der Waals surface area contributed by atoms with E-state index in [2.05, 4.69) is 5.32 Å². The number of hydrogen-bond acceptors (Lipinski definition) is 3. The van der Waals surface area contributed by atoms with Crippen molar-refractivity contribution in [1.29, 1.82) is 0 Å². The van der Waals surface area contributed by atoms with Gasteiger partial charge in [-0.15, -0.1) is 0 Å². The highest BCUT2D eigenvalue weighted by Crippen LogP contribution is 2.33. The summed E-state index contributed by atoms with van der Waals surface area (Å²) in [6.07, 6.45) is 0. The molecule has 0 aliphatic carbocycles. The molecule has 2 rings (SSSR count). The molecule has 0 aromatic heterocycles. The van der Waals surface area contributed by atoms with Crippen LogP contribution >= 0.6 is 0 Å². The van der Waals surface area contributed by atoms with E-state index in [1.807, 2.05) is 38.1 Å². The maximum absolute atomic E-state index is 12.1. The monoisotopic (exact) mass is 248 g/mol. The Balaban J connectivity index is 2.00. The van der Waals surface area contributed by atoms with Crippen LogP contribution in [-0.2, 0) is 4.79 Å². The summed E-state index contributed by atoms with van der Waals surface area (Å²) in [6.45, 7) is 5.62. The van der Waals surface area contributed by atoms with Gasteiger partial charge in [-0.1, -0.05) is 32.0 Å². The van der Waals surface area contributed by atoms with Gasteiger partial charge in [-0.05, 0) is 18.0 Å². The van der Waals surface area contributed by atoms with Crippen molar-refractivity contribution in [3.8, 4) is 5.75 Å². The second kappa shape index (κ2) is 4.98. The molecule has 98 valence electrons. The number of fused-ring (bicyclic) bond motifs is 1. The van der Waals surface area contributed by atoms with Crippen LogP contribution in [0.15, 0.2) is 24.3 Å². The summed E-state index contributed by atoms with van der Waals surface area (Å²) >= 11 is 0. The third kappa shape index (κ3) is 2.64. The van der Waals surface area contributed by atoms with Gasteiger partial charge < -0.3 is 15.8 Å². The molecule has 1 heterocycles. The minimum atomic E-state index is -0.199. The van der Waals surface area contributed by atoms with E-state index >= 15 is 0 Å². The lowest BCUT2D eigenvalue weighted by molar-refractivity contribution is -0.123. The standard InChI is InChI=1S/C14H20N2O2/c1-14(2,8-15)9-16-13(17)11-7-18-12-6-4-3-5-10(11)12/h3-6,11H,7-9,15H2,1-2H3,(H,16,17). The molecule has 1 amide bonds. The van der Waals surface area contributed by atoms with Crippen LogP contribution in [-0.4, -0.2) is 25.6 Å². The molecule has 3 N–H and O–H groups in total. The molecule has 0 spiro atoms. The first kappa shape index (κ1) is 12.9. The summed E-state index contributed by atoms with van der Waals surface area (Å²) in [7, 11) is 0. The van der Waals surface area contributed by atoms with Crippen LogP contribution in [0.2, 0.25) is 0 Å². The van der Waals surface area contributed by atoms with Gasteiger partial charge >= 0.3 is 0 Å². The second-order valence-corrected chi connectivity index (χ2v) is 5.49. The van der Waals surface area contributed by atoms with Crippen molar-refractivity contribution in [1.82, 2.24) is 5.32 Å². The first-order valence-electron chi connectivity index (χ1n) is 6.23. The number of carbonyl (C=O) groups is 1. The number of nitrogens with one attached hydrogen (secondary N) is 1. The Labute approximate surface area is 108 Å². The van der Waals surface area contributed by atoms with Gasteiger partial charge in [0.05, 0.1) is 0 Å². The number of para-hydroxylation sites is 1. The fourth-order valence-corrected chi connectivity index (χ4v) is 1.90. The molecule has 0 bridgehead atoms. The Kier molecular flexibility index (Phi) is 3.57. The highest BCUT2D eigenvalue weighted by atomic mass is 16.5. The molecule has 4 nitrogen and oxygen atoms in total. The van der Waals surface area contributed by atoms with Crippen molar-refractivity contribution >= 4 is 5.91 Å². The van der Waals surface area contributed by atoms with Gasteiger partial charge in [-0.25, -0.2) is 0 Å². The molecule has 1 aromatic rings. The van der Waals surface area contributed by atoms with E-state index in [9.17, 15) is 4.79 Å². The maximum atomic E-state index is 12.1. The van der Waals surface area contributed by atoms with Crippen LogP contribution in [0.1, 0.15) is 25.3 Å². The van der Waals surface area contributed by atoms with Crippen LogP contribution in [0, 0.1) is 5.41 Å². The molecule has 1 atom stereocenters. The first-order valence-corrected chi connectivity index (χ1v) is 6.23. The molecular weight excluding hydrogens is 228 g/mol. The summed E-state index contributed by atoms with van der Waals surface area (Å²) in [6, 6.07) is 7.68. The van der Waals surface area contributed by atoms with Gasteiger partial charge in [0.2, 0.25) is 5.91 Å². The molecule has 0 radical (unpaired) electrons. The third-order valence-corrected chi connectivity index (χ3v) is 3.31. The normalized spacial score (nSPS) is 18.1. The van der Waals surface area contributed by atoms with Crippen molar-refractivity contribution in [2.24, 2.45) is 11.1 Å². The van der Waals surface area contributed by atoms with E-state index in [0.717, 1.165) is 11.3 Å². The molecule has 18 heavy (non-hydrogen) atoms. The number of nitrogens with two attached hydrogens (primary N) is 1. The van der Waals surface area contributed by atoms with Gasteiger partial charge in [0.1, 0.15) is 18.3 Å². The SMILES string of the molecule is CC(C)(CN)CNC(=O)C1COc2ccccc21. The summed E-state index contributed by atoms with van der Waals surface area (Å²) in [5.74, 6) is 0.631. The molecule has 1 aliphatic rings. The first-order chi connectivity index (χ1) is 8.53. The lowest BCUT2D eigenvalue weighted by atomic mass is 9.93. The Bertz CT molecular complexity index is 443. The fraction of sp³-hybridized carbons (Fsp3) is 0.500. The van der Waals surface area contributed by atoms with Gasteiger partial charge in [-0.3, -0.25) is 4.79 Å². The number of ether oxygens (including phenoxy) is 1. The molecular formula is C14H20N2O2. The lowest BCUT2D eigenvalue weighted by Gasteiger charge is -2.23.